The molecule has 3 N–H and O–H groups in total. The van der Waals surface area contributed by atoms with Crippen molar-refractivity contribution >= 4 is 11.6 Å². The Labute approximate surface area is 174 Å². The van der Waals surface area contributed by atoms with Gasteiger partial charge in [-0.25, -0.2) is 0 Å². The summed E-state index contributed by atoms with van der Waals surface area (Å²) >= 11 is 0. The van der Waals surface area contributed by atoms with Crippen molar-refractivity contribution in [2.75, 3.05) is 39.2 Å². The van der Waals surface area contributed by atoms with Gasteiger partial charge < -0.3 is 25.4 Å². The van der Waals surface area contributed by atoms with Crippen molar-refractivity contribution in [1.82, 2.24) is 10.6 Å². The first-order valence-corrected chi connectivity index (χ1v) is 10.1. The molecule has 6 heteroatoms. The molecule has 0 saturated heterocycles. The van der Waals surface area contributed by atoms with Gasteiger partial charge >= 0.3 is 0 Å². The van der Waals surface area contributed by atoms with Crippen LogP contribution in [-0.2, 0) is 17.8 Å². The van der Waals surface area contributed by atoms with Gasteiger partial charge in [0, 0.05) is 45.0 Å². The van der Waals surface area contributed by atoms with Gasteiger partial charge in [-0.2, -0.15) is 0 Å². The van der Waals surface area contributed by atoms with E-state index in [1.165, 1.54) is 11.1 Å². The fourth-order valence-corrected chi connectivity index (χ4v) is 2.78. The van der Waals surface area contributed by atoms with Crippen molar-refractivity contribution in [3.63, 3.8) is 0 Å². The molecule has 29 heavy (non-hydrogen) atoms. The Morgan fingerprint density at radius 3 is 2.45 bits per heavy atom. The highest BCUT2D eigenvalue weighted by atomic mass is 16.5. The SMILES string of the molecule is CCCOc1cc(C)ccc1CNC(=NC)NCc1ccc(NCCOC)cc1. The van der Waals surface area contributed by atoms with E-state index >= 15 is 0 Å². The number of rotatable bonds is 11. The first-order valence-electron chi connectivity index (χ1n) is 10.1. The molecule has 2 rings (SSSR count). The van der Waals surface area contributed by atoms with Crippen molar-refractivity contribution in [2.24, 2.45) is 4.99 Å². The van der Waals surface area contributed by atoms with Crippen molar-refractivity contribution in [3.8, 4) is 5.75 Å². The van der Waals surface area contributed by atoms with Crippen LogP contribution in [0, 0.1) is 6.92 Å². The highest BCUT2D eigenvalue weighted by Crippen LogP contribution is 2.20. The van der Waals surface area contributed by atoms with E-state index in [9.17, 15) is 0 Å². The molecule has 0 fully saturated rings. The molecular formula is C23H34N4O2. The molecule has 0 amide bonds. The lowest BCUT2D eigenvalue weighted by Gasteiger charge is -2.15. The number of hydrogen-bond donors (Lipinski definition) is 3. The van der Waals surface area contributed by atoms with Gasteiger partial charge in [0.25, 0.3) is 0 Å². The molecule has 0 saturated carbocycles. The summed E-state index contributed by atoms with van der Waals surface area (Å²) in [6.07, 6.45) is 0.991. The fourth-order valence-electron chi connectivity index (χ4n) is 2.78. The molecule has 0 bridgehead atoms. The van der Waals surface area contributed by atoms with Crippen LogP contribution in [0.4, 0.5) is 5.69 Å². The summed E-state index contributed by atoms with van der Waals surface area (Å²) in [5.41, 5.74) is 4.60. The number of guanidine groups is 1. The number of aliphatic imine (C=N–C) groups is 1. The summed E-state index contributed by atoms with van der Waals surface area (Å²) in [6, 6.07) is 14.7. The van der Waals surface area contributed by atoms with Crippen LogP contribution in [0.3, 0.4) is 0 Å². The summed E-state index contributed by atoms with van der Waals surface area (Å²) < 4.78 is 10.9. The fraction of sp³-hybridized carbons (Fsp3) is 0.435. The van der Waals surface area contributed by atoms with E-state index in [4.69, 9.17) is 9.47 Å². The van der Waals surface area contributed by atoms with E-state index in [1.54, 1.807) is 14.2 Å². The van der Waals surface area contributed by atoms with Crippen molar-refractivity contribution < 1.29 is 9.47 Å². The average Bonchev–Trinajstić information content (AvgIpc) is 2.74. The van der Waals surface area contributed by atoms with Gasteiger partial charge in [-0.15, -0.1) is 0 Å². The van der Waals surface area contributed by atoms with Gasteiger partial charge in [-0.1, -0.05) is 31.2 Å². The number of methoxy groups -OCH3 is 1. The maximum absolute atomic E-state index is 5.89. The minimum Gasteiger partial charge on any atom is -0.493 e. The molecule has 0 unspecified atom stereocenters. The van der Waals surface area contributed by atoms with Gasteiger partial charge in [0.15, 0.2) is 5.96 Å². The standard InChI is InChI=1S/C23H34N4O2/c1-5-13-29-22-15-18(2)6-9-20(22)17-27-23(24-3)26-16-19-7-10-21(11-8-19)25-12-14-28-4/h6-11,15,25H,5,12-14,16-17H2,1-4H3,(H2,24,26,27). The molecule has 0 aliphatic rings. The Bertz CT molecular complexity index is 760. The smallest absolute Gasteiger partial charge is 0.191 e. The Morgan fingerprint density at radius 2 is 1.76 bits per heavy atom. The molecule has 2 aromatic rings. The molecule has 0 aliphatic heterocycles. The van der Waals surface area contributed by atoms with Crippen LogP contribution >= 0.6 is 0 Å². The highest BCUT2D eigenvalue weighted by molar-refractivity contribution is 5.79. The lowest BCUT2D eigenvalue weighted by molar-refractivity contribution is 0.211. The van der Waals surface area contributed by atoms with Crippen LogP contribution in [0.25, 0.3) is 0 Å². The second kappa shape index (κ2) is 12.7. The van der Waals surface area contributed by atoms with E-state index in [-0.39, 0.29) is 0 Å². The molecule has 2 aromatic carbocycles. The van der Waals surface area contributed by atoms with Crippen LogP contribution in [0.1, 0.15) is 30.0 Å². The van der Waals surface area contributed by atoms with E-state index < -0.39 is 0 Å². The van der Waals surface area contributed by atoms with E-state index in [2.05, 4.69) is 77.3 Å². The van der Waals surface area contributed by atoms with Crippen LogP contribution in [-0.4, -0.2) is 39.9 Å². The first kappa shape index (κ1) is 22.6. The summed E-state index contributed by atoms with van der Waals surface area (Å²) in [4.78, 5) is 4.32. The lowest BCUT2D eigenvalue weighted by atomic mass is 10.1. The summed E-state index contributed by atoms with van der Waals surface area (Å²) in [7, 11) is 3.48. The predicted molar refractivity (Wildman–Crippen MR) is 121 cm³/mol. The van der Waals surface area contributed by atoms with Crippen LogP contribution < -0.4 is 20.7 Å². The second-order valence-corrected chi connectivity index (χ2v) is 6.86. The molecule has 158 valence electrons. The molecule has 0 spiro atoms. The minimum absolute atomic E-state index is 0.654. The zero-order chi connectivity index (χ0) is 20.9. The van der Waals surface area contributed by atoms with Crippen LogP contribution in [0.2, 0.25) is 0 Å². The summed E-state index contributed by atoms with van der Waals surface area (Å²) in [5.74, 6) is 1.70. The molecule has 0 radical (unpaired) electrons. The van der Waals surface area contributed by atoms with Gasteiger partial charge in [0.2, 0.25) is 0 Å². The highest BCUT2D eigenvalue weighted by Gasteiger charge is 2.06. The third-order valence-corrected chi connectivity index (χ3v) is 4.40. The number of ether oxygens (including phenoxy) is 2. The molecule has 0 heterocycles. The normalized spacial score (nSPS) is 11.2. The number of anilines is 1. The number of hydrogen-bond acceptors (Lipinski definition) is 4. The quantitative estimate of drug-likeness (QED) is 0.306. The monoisotopic (exact) mass is 398 g/mol. The number of benzene rings is 2. The van der Waals surface area contributed by atoms with Gasteiger partial charge in [-0.05, 0) is 42.7 Å². The Balaban J connectivity index is 1.85. The number of nitrogens with one attached hydrogen (secondary N) is 3. The zero-order valence-electron chi connectivity index (χ0n) is 18.0. The predicted octanol–water partition coefficient (Wildman–Crippen LogP) is 3.71. The third kappa shape index (κ3) is 8.03. The minimum atomic E-state index is 0.654. The van der Waals surface area contributed by atoms with E-state index in [0.29, 0.717) is 19.7 Å². The zero-order valence-corrected chi connectivity index (χ0v) is 18.0. The topological polar surface area (TPSA) is 66.9 Å². The Morgan fingerprint density at radius 1 is 1.00 bits per heavy atom. The number of aryl methyl sites for hydroxylation is 1. The summed E-state index contributed by atoms with van der Waals surface area (Å²) in [6.45, 7) is 7.76. The van der Waals surface area contributed by atoms with Crippen molar-refractivity contribution in [1.29, 1.82) is 0 Å². The molecule has 0 aromatic heterocycles. The van der Waals surface area contributed by atoms with Crippen molar-refractivity contribution in [2.45, 2.75) is 33.4 Å². The Kier molecular flexibility index (Phi) is 9.86. The van der Waals surface area contributed by atoms with E-state index in [0.717, 1.165) is 42.5 Å². The van der Waals surface area contributed by atoms with E-state index in [1.807, 2.05) is 0 Å². The summed E-state index contributed by atoms with van der Waals surface area (Å²) in [5, 5.41) is 10.0. The average molecular weight is 399 g/mol. The second-order valence-electron chi connectivity index (χ2n) is 6.86. The lowest BCUT2D eigenvalue weighted by Crippen LogP contribution is -2.36. The molecular weight excluding hydrogens is 364 g/mol. The largest absolute Gasteiger partial charge is 0.493 e. The molecule has 6 nitrogen and oxygen atoms in total. The molecule has 0 atom stereocenters. The van der Waals surface area contributed by atoms with Gasteiger partial charge in [0.05, 0.1) is 13.2 Å². The van der Waals surface area contributed by atoms with Gasteiger partial charge in [0.1, 0.15) is 5.75 Å². The van der Waals surface area contributed by atoms with Crippen LogP contribution in [0.15, 0.2) is 47.5 Å². The Hall–Kier alpha value is -2.73. The van der Waals surface area contributed by atoms with Crippen molar-refractivity contribution in [3.05, 3.63) is 59.2 Å². The number of nitrogens with zero attached hydrogens (tertiary/aromatic N) is 1. The van der Waals surface area contributed by atoms with Gasteiger partial charge in [-0.3, -0.25) is 4.99 Å². The first-order chi connectivity index (χ1) is 14.2. The maximum atomic E-state index is 5.89. The maximum Gasteiger partial charge on any atom is 0.191 e. The van der Waals surface area contributed by atoms with Crippen LogP contribution in [0.5, 0.6) is 5.75 Å². The third-order valence-electron chi connectivity index (χ3n) is 4.40. The molecule has 0 aliphatic carbocycles.